The predicted molar refractivity (Wildman–Crippen MR) is 142 cm³/mol. The van der Waals surface area contributed by atoms with Crippen LogP contribution in [0.15, 0.2) is 89.8 Å². The fourth-order valence-electron chi connectivity index (χ4n) is 4.45. The van der Waals surface area contributed by atoms with Crippen molar-refractivity contribution in [3.8, 4) is 0 Å². The van der Waals surface area contributed by atoms with Gasteiger partial charge in [-0.2, -0.15) is 0 Å². The zero-order valence-corrected chi connectivity index (χ0v) is 21.8. The molecule has 1 aliphatic carbocycles. The number of allylic oxidation sites excluding steroid dienone is 1. The molecule has 0 amide bonds. The number of benzene rings is 3. The molecule has 0 atom stereocenters. The summed E-state index contributed by atoms with van der Waals surface area (Å²) in [4.78, 5) is 28.8. The summed E-state index contributed by atoms with van der Waals surface area (Å²) in [5, 5.41) is 2.92. The molecule has 3 aromatic carbocycles. The van der Waals surface area contributed by atoms with Gasteiger partial charge in [0.1, 0.15) is 0 Å². The molecule has 3 nitrogen and oxygen atoms in total. The molecule has 0 unspecified atom stereocenters. The summed E-state index contributed by atoms with van der Waals surface area (Å²) < 4.78 is 14.4. The molecule has 34 heavy (non-hydrogen) atoms. The molecular weight excluding hydrogens is 572 g/mol. The summed E-state index contributed by atoms with van der Waals surface area (Å²) in [7, 11) is 0. The van der Waals surface area contributed by atoms with Crippen molar-refractivity contribution in [2.75, 3.05) is 4.90 Å². The maximum absolute atomic E-state index is 13.2. The second-order valence-electron chi connectivity index (χ2n) is 8.03. The number of carbonyl (C=O) groups excluding carboxylic acids is 2. The van der Waals surface area contributed by atoms with Crippen LogP contribution >= 0.6 is 11.3 Å². The van der Waals surface area contributed by atoms with E-state index in [1.807, 2.05) is 23.6 Å². The van der Waals surface area contributed by atoms with E-state index in [2.05, 4.69) is 53.4 Å². The van der Waals surface area contributed by atoms with Crippen LogP contribution in [0.3, 0.4) is 0 Å². The van der Waals surface area contributed by atoms with Crippen LogP contribution in [-0.4, -0.2) is 41.0 Å². The average molecular weight is 588 g/mol. The number of fused-ring (bicyclic) bond motifs is 4. The molecule has 0 saturated carbocycles. The van der Waals surface area contributed by atoms with Gasteiger partial charge >= 0.3 is 215 Å². The molecule has 0 spiro atoms. The Bertz CT molecular complexity index is 1650. The van der Waals surface area contributed by atoms with E-state index < -0.39 is 0 Å². The Hall–Kier alpha value is -2.98. The predicted octanol–water partition coefficient (Wildman–Crippen LogP) is 4.86. The first-order valence-electron chi connectivity index (χ1n) is 11.2. The van der Waals surface area contributed by atoms with E-state index in [0.717, 1.165) is 19.1 Å². The van der Waals surface area contributed by atoms with Crippen molar-refractivity contribution < 1.29 is 11.0 Å². The van der Waals surface area contributed by atoms with E-state index in [1.165, 1.54) is 20.3 Å². The summed E-state index contributed by atoms with van der Waals surface area (Å²) in [6.07, 6.45) is 0. The van der Waals surface area contributed by atoms with Crippen LogP contribution in [0, 0.1) is 0 Å². The summed E-state index contributed by atoms with van der Waals surface area (Å²) in [6.45, 7) is 0. The van der Waals surface area contributed by atoms with Gasteiger partial charge in [0, 0.05) is 0 Å². The Balaban J connectivity index is 1.33. The van der Waals surface area contributed by atoms with Crippen molar-refractivity contribution in [2.45, 2.75) is 0 Å². The van der Waals surface area contributed by atoms with Gasteiger partial charge in [-0.05, 0) is 0 Å². The standard InChI is InChI=1S/C28H15NO2SSe2/c30-27-18-13-16-11-12-32-23(16)15-19(18)28(31)20(27)14-17-9-10-26(33-17)29-21-5-1-3-7-24(21)34-25-8-4-2-6-22(25)29/h1-15H/b20-14+/i14D. The Morgan fingerprint density at radius 3 is 2.24 bits per heavy atom. The van der Waals surface area contributed by atoms with Crippen molar-refractivity contribution >= 4 is 93.4 Å². The van der Waals surface area contributed by atoms with Gasteiger partial charge in [-0.1, -0.05) is 0 Å². The third-order valence-electron chi connectivity index (χ3n) is 6.03. The number of hydrogen-bond acceptors (Lipinski definition) is 4. The second kappa shape index (κ2) is 7.78. The van der Waals surface area contributed by atoms with Crippen LogP contribution in [0.2, 0.25) is 0 Å². The van der Waals surface area contributed by atoms with Crippen LogP contribution < -0.4 is 13.8 Å². The van der Waals surface area contributed by atoms with E-state index in [-0.39, 0.29) is 52.7 Å². The SMILES string of the molecule is [2H]/C(=C1/C(=O)c2cc3ccsc3cc2C1=O)c1ccc(N2c3ccccc3[Se]c3ccccc32)[se]1. The summed E-state index contributed by atoms with van der Waals surface area (Å²) in [5.41, 5.74) is 3.19. The molecule has 1 aliphatic heterocycles. The molecule has 5 aromatic rings. The van der Waals surface area contributed by atoms with E-state index in [0.29, 0.717) is 11.1 Å². The van der Waals surface area contributed by atoms with Crippen molar-refractivity contribution in [3.63, 3.8) is 0 Å². The minimum atomic E-state index is -0.329. The van der Waals surface area contributed by atoms with Crippen LogP contribution in [-0.2, 0) is 0 Å². The van der Waals surface area contributed by atoms with Gasteiger partial charge in [0.15, 0.2) is 0 Å². The van der Waals surface area contributed by atoms with Crippen LogP contribution in [0.25, 0.3) is 16.1 Å². The Kier molecular flexibility index (Phi) is 4.42. The number of carbonyl (C=O) groups is 2. The topological polar surface area (TPSA) is 37.4 Å². The normalized spacial score (nSPS) is 16.4. The number of thiophene rings is 1. The molecule has 2 aliphatic rings. The van der Waals surface area contributed by atoms with Crippen molar-refractivity contribution in [1.82, 2.24) is 0 Å². The van der Waals surface area contributed by atoms with Crippen molar-refractivity contribution in [3.05, 3.63) is 105 Å². The molecule has 2 aromatic heterocycles. The van der Waals surface area contributed by atoms with Gasteiger partial charge < -0.3 is 0 Å². The quantitative estimate of drug-likeness (QED) is 0.165. The summed E-state index contributed by atoms with van der Waals surface area (Å²) in [6, 6.07) is 26.5. The molecule has 7 rings (SSSR count). The fraction of sp³-hybridized carbons (Fsp3) is 0. The van der Waals surface area contributed by atoms with E-state index >= 15 is 0 Å². The molecule has 162 valence electrons. The Morgan fingerprint density at radius 1 is 0.824 bits per heavy atom. The first-order chi connectivity index (χ1) is 17.1. The van der Waals surface area contributed by atoms with E-state index in [4.69, 9.17) is 1.37 Å². The molecule has 3 heterocycles. The zero-order chi connectivity index (χ0) is 23.7. The summed E-state index contributed by atoms with van der Waals surface area (Å²) >= 11 is 1.56. The number of rotatable bonds is 2. The van der Waals surface area contributed by atoms with Crippen LogP contribution in [0.4, 0.5) is 15.9 Å². The van der Waals surface area contributed by atoms with Gasteiger partial charge in [0.05, 0.1) is 0 Å². The van der Waals surface area contributed by atoms with Crippen molar-refractivity contribution in [2.24, 2.45) is 0 Å². The van der Waals surface area contributed by atoms with Crippen LogP contribution in [0.5, 0.6) is 0 Å². The van der Waals surface area contributed by atoms with Gasteiger partial charge in [0.25, 0.3) is 0 Å². The first kappa shape index (κ1) is 19.3. The molecule has 0 saturated heterocycles. The molecule has 0 fully saturated rings. The van der Waals surface area contributed by atoms with E-state index in [1.54, 1.807) is 23.5 Å². The minimum absolute atomic E-state index is 0.00297. The second-order valence-corrected chi connectivity index (χ2v) is 13.5. The number of nitrogens with zero attached hydrogens (tertiary/aromatic N) is 1. The summed E-state index contributed by atoms with van der Waals surface area (Å²) in [5.74, 6) is -0.656. The van der Waals surface area contributed by atoms with Crippen LogP contribution in [0.1, 0.15) is 26.5 Å². The van der Waals surface area contributed by atoms with Gasteiger partial charge in [-0.15, -0.1) is 0 Å². The number of ketones is 2. The average Bonchev–Trinajstić information content (AvgIpc) is 3.60. The maximum atomic E-state index is 13.2. The molecule has 0 N–H and O–H groups in total. The zero-order valence-electron chi connectivity index (χ0n) is 18.6. The molecule has 0 radical (unpaired) electrons. The molecular formula is C28H15NO2SSe2. The van der Waals surface area contributed by atoms with Gasteiger partial charge in [0.2, 0.25) is 0 Å². The van der Waals surface area contributed by atoms with Gasteiger partial charge in [-0.25, -0.2) is 0 Å². The fourth-order valence-corrected chi connectivity index (χ4v) is 9.45. The Morgan fingerprint density at radius 2 is 1.50 bits per heavy atom. The first-order valence-corrected chi connectivity index (χ1v) is 15.0. The number of Topliss-reactive ketones (excluding diaryl/α,β-unsaturated/α-hetero) is 2. The third kappa shape index (κ3) is 3.08. The number of anilines is 3. The Labute approximate surface area is 213 Å². The number of hydrogen-bond donors (Lipinski definition) is 0. The number of para-hydroxylation sites is 2. The molecule has 0 bridgehead atoms. The molecule has 6 heteroatoms. The monoisotopic (exact) mass is 590 g/mol. The third-order valence-corrected chi connectivity index (χ3v) is 11.3. The van der Waals surface area contributed by atoms with Crippen molar-refractivity contribution in [1.29, 1.82) is 0 Å². The van der Waals surface area contributed by atoms with E-state index in [9.17, 15) is 9.59 Å². The van der Waals surface area contributed by atoms with Gasteiger partial charge in [-0.3, -0.25) is 0 Å².